The van der Waals surface area contributed by atoms with Crippen LogP contribution in [0.5, 0.6) is 0 Å². The molecule has 0 radical (unpaired) electrons. The van der Waals surface area contributed by atoms with Crippen molar-refractivity contribution in [2.24, 2.45) is 4.99 Å². The first-order chi connectivity index (χ1) is 15.9. The highest BCUT2D eigenvalue weighted by Crippen LogP contribution is 2.53. The lowest BCUT2D eigenvalue weighted by Gasteiger charge is -2.17. The molecule has 1 saturated heterocycles. The van der Waals surface area contributed by atoms with Gasteiger partial charge in [-0.1, -0.05) is 121 Å². The molecule has 2 heteroatoms. The number of hydrogen-bond acceptors (Lipinski definition) is 2. The summed E-state index contributed by atoms with van der Waals surface area (Å²) < 4.78 is 0. The Morgan fingerprint density at radius 1 is 0.500 bits per heavy atom. The van der Waals surface area contributed by atoms with Crippen molar-refractivity contribution in [2.45, 2.75) is 18.1 Å². The van der Waals surface area contributed by atoms with Gasteiger partial charge in [0, 0.05) is 0 Å². The van der Waals surface area contributed by atoms with Crippen molar-refractivity contribution in [3.63, 3.8) is 0 Å². The monoisotopic (exact) mass is 412 g/mol. The summed E-state index contributed by atoms with van der Waals surface area (Å²) in [6, 6.07) is 43.6. The minimum atomic E-state index is 0.159. The van der Waals surface area contributed by atoms with Gasteiger partial charge in [-0.05, 0) is 28.3 Å². The smallest absolute Gasteiger partial charge is 0.0740 e. The molecular formula is C30H24N2. The molecule has 2 aliphatic heterocycles. The van der Waals surface area contributed by atoms with Crippen LogP contribution in [0.15, 0.2) is 132 Å². The van der Waals surface area contributed by atoms with E-state index in [9.17, 15) is 0 Å². The molecule has 4 aromatic carbocycles. The standard InChI is InChI=1S/C30H24N2/c1-5-13-22(14-6-1)26-21-27(23-15-7-2-8-16-23)32-29(25-19-11-4-12-20-25)30(32)28(31-26)24-17-9-3-10-18-24/h1-21,27,29-30H/t27-,29+,30-,32?/m0/s1. The Balaban J connectivity index is 1.53. The van der Waals surface area contributed by atoms with Crippen LogP contribution in [0.25, 0.3) is 5.70 Å². The van der Waals surface area contributed by atoms with Gasteiger partial charge >= 0.3 is 0 Å². The first-order valence-corrected chi connectivity index (χ1v) is 11.2. The zero-order valence-corrected chi connectivity index (χ0v) is 17.8. The Morgan fingerprint density at radius 3 is 1.59 bits per heavy atom. The van der Waals surface area contributed by atoms with E-state index in [-0.39, 0.29) is 12.1 Å². The van der Waals surface area contributed by atoms with Crippen molar-refractivity contribution in [3.8, 4) is 0 Å². The maximum atomic E-state index is 5.33. The van der Waals surface area contributed by atoms with Crippen LogP contribution in [0.1, 0.15) is 34.3 Å². The van der Waals surface area contributed by atoms with Crippen LogP contribution in [-0.2, 0) is 0 Å². The number of benzene rings is 4. The van der Waals surface area contributed by atoms with Crippen molar-refractivity contribution in [1.82, 2.24) is 4.90 Å². The van der Waals surface area contributed by atoms with Crippen molar-refractivity contribution < 1.29 is 0 Å². The number of aliphatic imine (C=N–C) groups is 1. The molecule has 0 spiro atoms. The molecule has 0 amide bonds. The van der Waals surface area contributed by atoms with Crippen molar-refractivity contribution in [1.29, 1.82) is 0 Å². The third-order valence-corrected chi connectivity index (χ3v) is 6.43. The first-order valence-electron chi connectivity index (χ1n) is 11.2. The van der Waals surface area contributed by atoms with E-state index < -0.39 is 0 Å². The highest BCUT2D eigenvalue weighted by atomic mass is 15.4. The van der Waals surface area contributed by atoms with Gasteiger partial charge in [0.1, 0.15) is 0 Å². The van der Waals surface area contributed by atoms with E-state index in [4.69, 9.17) is 4.99 Å². The predicted molar refractivity (Wildman–Crippen MR) is 131 cm³/mol. The molecule has 0 aromatic heterocycles. The molecule has 0 N–H and O–H groups in total. The van der Waals surface area contributed by atoms with Gasteiger partial charge in [0.15, 0.2) is 0 Å². The first kappa shape index (κ1) is 19.0. The Hall–Kier alpha value is -3.75. The molecule has 2 aliphatic rings. The molecule has 4 atom stereocenters. The third kappa shape index (κ3) is 3.39. The van der Waals surface area contributed by atoms with E-state index in [2.05, 4.69) is 132 Å². The van der Waals surface area contributed by atoms with Gasteiger partial charge in [0.2, 0.25) is 0 Å². The molecule has 154 valence electrons. The second-order valence-corrected chi connectivity index (χ2v) is 8.38. The lowest BCUT2D eigenvalue weighted by molar-refractivity contribution is 0.438. The largest absolute Gasteiger partial charge is 0.273 e. The Kier molecular flexibility index (Phi) is 4.78. The molecular weight excluding hydrogens is 388 g/mol. The lowest BCUT2D eigenvalue weighted by Crippen LogP contribution is -2.15. The fourth-order valence-electron chi connectivity index (χ4n) is 4.89. The van der Waals surface area contributed by atoms with Crippen LogP contribution in [-0.4, -0.2) is 16.7 Å². The van der Waals surface area contributed by atoms with Gasteiger partial charge in [-0.3, -0.25) is 9.89 Å². The average molecular weight is 413 g/mol. The minimum absolute atomic E-state index is 0.159. The van der Waals surface area contributed by atoms with Crippen LogP contribution in [0.2, 0.25) is 0 Å². The maximum Gasteiger partial charge on any atom is 0.0740 e. The summed E-state index contributed by atoms with van der Waals surface area (Å²) in [4.78, 5) is 7.93. The molecule has 2 nitrogen and oxygen atoms in total. The van der Waals surface area contributed by atoms with Gasteiger partial charge in [-0.2, -0.15) is 0 Å². The van der Waals surface area contributed by atoms with Crippen molar-refractivity contribution >= 4 is 11.4 Å². The number of nitrogens with zero attached hydrogens (tertiary/aromatic N) is 2. The van der Waals surface area contributed by atoms with Crippen LogP contribution in [0, 0.1) is 0 Å². The van der Waals surface area contributed by atoms with E-state index in [0.717, 1.165) is 17.0 Å². The Bertz CT molecular complexity index is 1260. The number of rotatable bonds is 4. The van der Waals surface area contributed by atoms with Crippen molar-refractivity contribution in [2.75, 3.05) is 0 Å². The highest BCUT2D eigenvalue weighted by molar-refractivity contribution is 6.09. The molecule has 4 aromatic rings. The summed E-state index contributed by atoms with van der Waals surface area (Å²) in [6.45, 7) is 0. The molecule has 1 fully saturated rings. The quantitative estimate of drug-likeness (QED) is 0.341. The van der Waals surface area contributed by atoms with Gasteiger partial charge in [-0.15, -0.1) is 0 Å². The fraction of sp³-hybridized carbons (Fsp3) is 0.100. The van der Waals surface area contributed by atoms with Crippen molar-refractivity contribution in [3.05, 3.63) is 150 Å². The summed E-state index contributed by atoms with van der Waals surface area (Å²) in [5.41, 5.74) is 7.18. The zero-order valence-electron chi connectivity index (χ0n) is 17.8. The summed E-state index contributed by atoms with van der Waals surface area (Å²) in [5.74, 6) is 0. The molecule has 32 heavy (non-hydrogen) atoms. The van der Waals surface area contributed by atoms with E-state index >= 15 is 0 Å². The van der Waals surface area contributed by atoms with Crippen LogP contribution < -0.4 is 0 Å². The normalized spacial score (nSPS) is 24.0. The van der Waals surface area contributed by atoms with Crippen LogP contribution in [0.4, 0.5) is 0 Å². The summed E-state index contributed by atoms with van der Waals surface area (Å²) >= 11 is 0. The SMILES string of the molecule is C1=C(c2ccccc2)N=C(c2ccccc2)[C@H]2[C@@H](c3ccccc3)N2[C@@H]1c1ccccc1. The lowest BCUT2D eigenvalue weighted by atomic mass is 10.0. The fourth-order valence-corrected chi connectivity index (χ4v) is 4.89. The van der Waals surface area contributed by atoms with E-state index in [1.807, 2.05) is 0 Å². The summed E-state index contributed by atoms with van der Waals surface area (Å²) in [5, 5.41) is 0. The Labute approximate surface area is 189 Å². The molecule has 0 aliphatic carbocycles. The minimum Gasteiger partial charge on any atom is -0.273 e. The van der Waals surface area contributed by atoms with Gasteiger partial charge in [-0.25, -0.2) is 0 Å². The van der Waals surface area contributed by atoms with Crippen LogP contribution in [0.3, 0.4) is 0 Å². The predicted octanol–water partition coefficient (Wildman–Crippen LogP) is 6.70. The molecule has 0 bridgehead atoms. The Morgan fingerprint density at radius 2 is 1.00 bits per heavy atom. The molecule has 2 heterocycles. The van der Waals surface area contributed by atoms with E-state index in [1.54, 1.807) is 0 Å². The van der Waals surface area contributed by atoms with Gasteiger partial charge in [0.25, 0.3) is 0 Å². The summed E-state index contributed by atoms with van der Waals surface area (Å²) in [6.07, 6.45) is 2.34. The molecule has 6 rings (SSSR count). The van der Waals surface area contributed by atoms with E-state index in [0.29, 0.717) is 6.04 Å². The second-order valence-electron chi connectivity index (χ2n) is 8.38. The molecule has 1 unspecified atom stereocenters. The summed E-state index contributed by atoms with van der Waals surface area (Å²) in [7, 11) is 0. The van der Waals surface area contributed by atoms with Gasteiger partial charge in [0.05, 0.1) is 29.5 Å². The number of hydrogen-bond donors (Lipinski definition) is 0. The average Bonchev–Trinajstić information content (AvgIpc) is 3.63. The third-order valence-electron chi connectivity index (χ3n) is 6.43. The van der Waals surface area contributed by atoms with E-state index in [1.165, 1.54) is 16.7 Å². The highest BCUT2D eigenvalue weighted by Gasteiger charge is 2.55. The number of fused-ring (bicyclic) bond motifs is 1. The maximum absolute atomic E-state index is 5.33. The molecule has 0 saturated carbocycles. The second kappa shape index (κ2) is 8.07. The van der Waals surface area contributed by atoms with Crippen LogP contribution >= 0.6 is 0 Å². The van der Waals surface area contributed by atoms with Gasteiger partial charge < -0.3 is 0 Å². The zero-order chi connectivity index (χ0) is 21.3. The topological polar surface area (TPSA) is 15.4 Å².